The fourth-order valence-corrected chi connectivity index (χ4v) is 3.62. The molecule has 0 spiro atoms. The molecule has 1 aromatic heterocycles. The Labute approximate surface area is 134 Å². The predicted octanol–water partition coefficient (Wildman–Crippen LogP) is 2.77. The van der Waals surface area contributed by atoms with Crippen LogP contribution in [0.4, 0.5) is 4.79 Å². The number of carbonyl (C=O) groups is 1. The van der Waals surface area contributed by atoms with Gasteiger partial charge in [-0.3, -0.25) is 0 Å². The van der Waals surface area contributed by atoms with Crippen molar-refractivity contribution < 1.29 is 9.90 Å². The lowest BCUT2D eigenvalue weighted by Gasteiger charge is -2.34. The van der Waals surface area contributed by atoms with Crippen molar-refractivity contribution in [2.75, 3.05) is 6.54 Å². The lowest BCUT2D eigenvalue weighted by atomic mass is 9.79. The molecule has 2 amide bonds. The maximum Gasteiger partial charge on any atom is 0.315 e. The summed E-state index contributed by atoms with van der Waals surface area (Å²) in [4.78, 5) is 11.9. The van der Waals surface area contributed by atoms with Crippen molar-refractivity contribution in [1.29, 1.82) is 0 Å². The van der Waals surface area contributed by atoms with E-state index >= 15 is 0 Å². The van der Waals surface area contributed by atoms with Crippen molar-refractivity contribution in [3.05, 3.63) is 57.8 Å². The van der Waals surface area contributed by atoms with Crippen LogP contribution in [0.5, 0.6) is 0 Å². The maximum atomic E-state index is 11.9. The minimum atomic E-state index is -0.964. The number of thiophene rings is 1. The molecular weight excluding hydrogens is 296 g/mol. The van der Waals surface area contributed by atoms with E-state index in [2.05, 4.69) is 16.7 Å². The second-order valence-electron chi connectivity index (χ2n) is 5.71. The molecule has 3 rings (SSSR count). The molecule has 0 saturated carbocycles. The van der Waals surface area contributed by atoms with Crippen molar-refractivity contribution in [1.82, 2.24) is 10.6 Å². The maximum absolute atomic E-state index is 11.9. The Kier molecular flexibility index (Phi) is 4.45. The Morgan fingerprint density at radius 3 is 2.95 bits per heavy atom. The molecule has 2 aromatic rings. The van der Waals surface area contributed by atoms with Crippen LogP contribution in [-0.4, -0.2) is 17.7 Å². The van der Waals surface area contributed by atoms with Gasteiger partial charge in [0, 0.05) is 6.54 Å². The molecule has 116 valence electrons. The van der Waals surface area contributed by atoms with Crippen LogP contribution in [0.1, 0.15) is 29.5 Å². The molecule has 4 nitrogen and oxygen atoms in total. The highest BCUT2D eigenvalue weighted by Crippen LogP contribution is 2.34. The summed E-state index contributed by atoms with van der Waals surface area (Å²) in [6, 6.07) is 9.67. The Bertz CT molecular complexity index is 642. The third kappa shape index (κ3) is 3.31. The van der Waals surface area contributed by atoms with E-state index in [1.54, 1.807) is 11.3 Å². The molecule has 1 aliphatic rings. The zero-order valence-electron chi connectivity index (χ0n) is 12.3. The summed E-state index contributed by atoms with van der Waals surface area (Å²) in [5.74, 6) is 0. The Hall–Kier alpha value is -1.85. The molecule has 0 aliphatic heterocycles. The molecular formula is C17H20N2O2S. The number of aliphatic hydroxyl groups is 1. The van der Waals surface area contributed by atoms with Gasteiger partial charge in [0.25, 0.3) is 0 Å². The molecule has 3 N–H and O–H groups in total. The van der Waals surface area contributed by atoms with Gasteiger partial charge in [-0.25, -0.2) is 4.79 Å². The molecule has 5 heteroatoms. The smallest absolute Gasteiger partial charge is 0.315 e. The number of hydrogen-bond donors (Lipinski definition) is 3. The van der Waals surface area contributed by atoms with Crippen LogP contribution in [-0.2, 0) is 18.6 Å². The lowest BCUT2D eigenvalue weighted by Crippen LogP contribution is -2.46. The second kappa shape index (κ2) is 6.50. The number of carbonyl (C=O) groups excluding carboxylic acids is 1. The average Bonchev–Trinajstić information content (AvgIpc) is 3.05. The van der Waals surface area contributed by atoms with Gasteiger partial charge >= 0.3 is 6.03 Å². The van der Waals surface area contributed by atoms with Gasteiger partial charge in [-0.1, -0.05) is 24.3 Å². The van der Waals surface area contributed by atoms with E-state index in [0.717, 1.165) is 24.0 Å². The first kappa shape index (κ1) is 15.1. The van der Waals surface area contributed by atoms with Gasteiger partial charge < -0.3 is 15.7 Å². The summed E-state index contributed by atoms with van der Waals surface area (Å²) in [6.45, 7) is 0.740. The van der Waals surface area contributed by atoms with Gasteiger partial charge in [0.1, 0.15) is 5.60 Å². The third-order valence-electron chi connectivity index (χ3n) is 4.13. The highest BCUT2D eigenvalue weighted by Gasteiger charge is 2.34. The van der Waals surface area contributed by atoms with Crippen LogP contribution in [0.25, 0.3) is 0 Å². The SMILES string of the molecule is O=C(NCc1ccsc1)NCC1(O)CCCc2ccccc21. The van der Waals surface area contributed by atoms with E-state index in [1.165, 1.54) is 5.56 Å². The van der Waals surface area contributed by atoms with Gasteiger partial charge in [0.15, 0.2) is 0 Å². The first-order valence-electron chi connectivity index (χ1n) is 7.51. The monoisotopic (exact) mass is 316 g/mol. The summed E-state index contributed by atoms with van der Waals surface area (Å²) in [6.07, 6.45) is 2.60. The number of rotatable bonds is 4. The number of nitrogens with one attached hydrogen (secondary N) is 2. The summed E-state index contributed by atoms with van der Waals surface area (Å²) in [7, 11) is 0. The van der Waals surface area contributed by atoms with E-state index in [0.29, 0.717) is 13.0 Å². The van der Waals surface area contributed by atoms with E-state index < -0.39 is 5.60 Å². The van der Waals surface area contributed by atoms with Crippen molar-refractivity contribution in [2.45, 2.75) is 31.4 Å². The predicted molar refractivity (Wildman–Crippen MR) is 87.8 cm³/mol. The summed E-state index contributed by atoms with van der Waals surface area (Å²) < 4.78 is 0. The van der Waals surface area contributed by atoms with Gasteiger partial charge in [-0.2, -0.15) is 11.3 Å². The highest BCUT2D eigenvalue weighted by atomic mass is 32.1. The molecule has 22 heavy (non-hydrogen) atoms. The zero-order valence-corrected chi connectivity index (χ0v) is 13.2. The van der Waals surface area contributed by atoms with Gasteiger partial charge in [0.05, 0.1) is 6.54 Å². The van der Waals surface area contributed by atoms with Crippen LogP contribution in [0.2, 0.25) is 0 Å². The van der Waals surface area contributed by atoms with E-state index in [4.69, 9.17) is 0 Å². The number of benzene rings is 1. The zero-order chi connectivity index (χ0) is 15.4. The number of aryl methyl sites for hydroxylation is 1. The summed E-state index contributed by atoms with van der Waals surface area (Å²) in [5.41, 5.74) is 2.24. The van der Waals surface area contributed by atoms with Crippen LogP contribution < -0.4 is 10.6 Å². The number of urea groups is 1. The van der Waals surface area contributed by atoms with Crippen molar-refractivity contribution in [3.8, 4) is 0 Å². The molecule has 1 aromatic carbocycles. The van der Waals surface area contributed by atoms with Crippen molar-refractivity contribution in [2.24, 2.45) is 0 Å². The minimum absolute atomic E-state index is 0.236. The first-order chi connectivity index (χ1) is 10.7. The van der Waals surface area contributed by atoms with Gasteiger partial charge in [0.2, 0.25) is 0 Å². The standard InChI is InChI=1S/C17H20N2O2S/c20-16(18-10-13-7-9-22-11-13)19-12-17(21)8-3-5-14-4-1-2-6-15(14)17/h1-2,4,6-7,9,11,21H,3,5,8,10,12H2,(H2,18,19,20). The van der Waals surface area contributed by atoms with E-state index in [1.807, 2.05) is 35.0 Å². The van der Waals surface area contributed by atoms with Crippen LogP contribution in [0, 0.1) is 0 Å². The molecule has 0 fully saturated rings. The fraction of sp³-hybridized carbons (Fsp3) is 0.353. The number of hydrogen-bond acceptors (Lipinski definition) is 3. The van der Waals surface area contributed by atoms with Crippen LogP contribution >= 0.6 is 11.3 Å². The molecule has 1 aliphatic carbocycles. The van der Waals surface area contributed by atoms with Crippen molar-refractivity contribution >= 4 is 17.4 Å². The number of amides is 2. The molecule has 1 atom stereocenters. The Morgan fingerprint density at radius 2 is 2.14 bits per heavy atom. The molecule has 0 bridgehead atoms. The highest BCUT2D eigenvalue weighted by molar-refractivity contribution is 7.07. The fourth-order valence-electron chi connectivity index (χ4n) is 2.95. The van der Waals surface area contributed by atoms with E-state index in [9.17, 15) is 9.90 Å². The second-order valence-corrected chi connectivity index (χ2v) is 6.49. The first-order valence-corrected chi connectivity index (χ1v) is 8.45. The lowest BCUT2D eigenvalue weighted by molar-refractivity contribution is 0.0217. The van der Waals surface area contributed by atoms with Gasteiger partial charge in [-0.15, -0.1) is 0 Å². The Morgan fingerprint density at radius 1 is 1.27 bits per heavy atom. The van der Waals surface area contributed by atoms with Crippen LogP contribution in [0.15, 0.2) is 41.1 Å². The quantitative estimate of drug-likeness (QED) is 0.812. The average molecular weight is 316 g/mol. The summed E-state index contributed by atoms with van der Waals surface area (Å²) >= 11 is 1.61. The van der Waals surface area contributed by atoms with Crippen LogP contribution in [0.3, 0.4) is 0 Å². The number of fused-ring (bicyclic) bond motifs is 1. The van der Waals surface area contributed by atoms with Crippen molar-refractivity contribution in [3.63, 3.8) is 0 Å². The molecule has 0 saturated heterocycles. The topological polar surface area (TPSA) is 61.4 Å². The normalized spacial score (nSPS) is 20.2. The summed E-state index contributed by atoms with van der Waals surface area (Å²) in [5, 5.41) is 20.5. The third-order valence-corrected chi connectivity index (χ3v) is 4.86. The Balaban J connectivity index is 1.58. The molecule has 0 radical (unpaired) electrons. The largest absolute Gasteiger partial charge is 0.383 e. The van der Waals surface area contributed by atoms with E-state index in [-0.39, 0.29) is 12.6 Å². The molecule has 1 heterocycles. The minimum Gasteiger partial charge on any atom is -0.383 e. The van der Waals surface area contributed by atoms with Gasteiger partial charge in [-0.05, 0) is 52.8 Å². The molecule has 1 unspecified atom stereocenters.